The molecular weight excluding hydrogens is 172 g/mol. The summed E-state index contributed by atoms with van der Waals surface area (Å²) in [6.07, 6.45) is 0.544. The van der Waals surface area contributed by atoms with Crippen molar-refractivity contribution in [3.8, 4) is 0 Å². The van der Waals surface area contributed by atoms with Crippen LogP contribution >= 0.6 is 11.8 Å². The second-order valence-corrected chi connectivity index (χ2v) is 4.89. The Morgan fingerprint density at radius 1 is 1.33 bits per heavy atom. The van der Waals surface area contributed by atoms with E-state index in [0.717, 1.165) is 5.75 Å². The zero-order chi connectivity index (χ0) is 9.56. The lowest BCUT2D eigenvalue weighted by atomic mass is 10.4. The van der Waals surface area contributed by atoms with Crippen molar-refractivity contribution in [1.29, 1.82) is 0 Å². The topological polar surface area (TPSA) is 26.3 Å². The summed E-state index contributed by atoms with van der Waals surface area (Å²) in [5, 5.41) is 0.594. The van der Waals surface area contributed by atoms with Gasteiger partial charge in [0.05, 0.1) is 12.5 Å². The Morgan fingerprint density at radius 2 is 1.92 bits per heavy atom. The quantitative estimate of drug-likeness (QED) is 0.623. The maximum atomic E-state index is 11.0. The maximum absolute atomic E-state index is 11.0. The zero-order valence-corrected chi connectivity index (χ0v) is 9.11. The highest BCUT2D eigenvalue weighted by atomic mass is 32.2. The molecule has 0 radical (unpaired) electrons. The number of rotatable bonds is 5. The van der Waals surface area contributed by atoms with E-state index in [9.17, 15) is 4.79 Å². The number of esters is 1. The van der Waals surface area contributed by atoms with Gasteiger partial charge in [-0.3, -0.25) is 4.79 Å². The number of carbonyl (C=O) groups excluding carboxylic acids is 1. The molecule has 0 bridgehead atoms. The predicted molar refractivity (Wildman–Crippen MR) is 53.4 cm³/mol. The first-order valence-corrected chi connectivity index (χ1v) is 5.38. The molecule has 3 heteroatoms. The molecule has 2 nitrogen and oxygen atoms in total. The van der Waals surface area contributed by atoms with Crippen LogP contribution in [0.4, 0.5) is 0 Å². The molecule has 0 aromatic carbocycles. The molecule has 72 valence electrons. The van der Waals surface area contributed by atoms with Gasteiger partial charge in [-0.25, -0.2) is 0 Å². The fourth-order valence-corrected chi connectivity index (χ4v) is 1.46. The molecule has 0 aromatic heterocycles. The highest BCUT2D eigenvalue weighted by Crippen LogP contribution is 2.10. The Balaban J connectivity index is 3.32. The summed E-state index contributed by atoms with van der Waals surface area (Å²) in [6.45, 7) is 7.98. The molecule has 0 aliphatic rings. The van der Waals surface area contributed by atoms with Gasteiger partial charge in [0.25, 0.3) is 0 Å². The lowest BCUT2D eigenvalue weighted by molar-refractivity contribution is -0.146. The molecule has 0 fully saturated rings. The van der Waals surface area contributed by atoms with Gasteiger partial charge in [0.15, 0.2) is 0 Å². The average Bonchev–Trinajstić information content (AvgIpc) is 1.84. The summed E-state index contributed by atoms with van der Waals surface area (Å²) < 4.78 is 4.98. The minimum Gasteiger partial charge on any atom is -0.463 e. The minimum absolute atomic E-state index is 0.0153. The molecule has 12 heavy (non-hydrogen) atoms. The van der Waals surface area contributed by atoms with Gasteiger partial charge in [0.2, 0.25) is 0 Å². The lowest BCUT2D eigenvalue weighted by Gasteiger charge is -2.08. The fraction of sp³-hybridized carbons (Fsp3) is 0.889. The Bertz CT molecular complexity index is 132. The van der Waals surface area contributed by atoms with Crippen molar-refractivity contribution in [2.45, 2.75) is 45.5 Å². The summed E-state index contributed by atoms with van der Waals surface area (Å²) in [5.41, 5.74) is 0. The maximum Gasteiger partial charge on any atom is 0.306 e. The summed E-state index contributed by atoms with van der Waals surface area (Å²) in [4.78, 5) is 11.0. The van der Waals surface area contributed by atoms with Crippen LogP contribution in [0, 0.1) is 0 Å². The van der Waals surface area contributed by atoms with Gasteiger partial charge in [-0.1, -0.05) is 13.8 Å². The largest absolute Gasteiger partial charge is 0.463 e. The molecule has 0 saturated heterocycles. The van der Waals surface area contributed by atoms with Gasteiger partial charge < -0.3 is 4.74 Å². The Hall–Kier alpha value is -0.180. The highest BCUT2D eigenvalue weighted by molar-refractivity contribution is 7.99. The van der Waals surface area contributed by atoms with Crippen LogP contribution in [0.1, 0.15) is 34.1 Å². The van der Waals surface area contributed by atoms with Gasteiger partial charge in [-0.2, -0.15) is 11.8 Å². The number of hydrogen-bond acceptors (Lipinski definition) is 3. The Labute approximate surface area is 79.1 Å². The molecule has 0 N–H and O–H groups in total. The highest BCUT2D eigenvalue weighted by Gasteiger charge is 2.05. The van der Waals surface area contributed by atoms with E-state index in [2.05, 4.69) is 13.8 Å². The predicted octanol–water partition coefficient (Wildman–Crippen LogP) is 2.47. The van der Waals surface area contributed by atoms with Crippen molar-refractivity contribution in [2.75, 3.05) is 5.75 Å². The Kier molecular flexibility index (Phi) is 6.25. The summed E-state index contributed by atoms with van der Waals surface area (Å²) in [7, 11) is 0. The van der Waals surface area contributed by atoms with Crippen molar-refractivity contribution in [2.24, 2.45) is 0 Å². The molecule has 0 aliphatic carbocycles. The first-order valence-electron chi connectivity index (χ1n) is 4.33. The third-order valence-corrected chi connectivity index (χ3v) is 2.23. The monoisotopic (exact) mass is 190 g/mol. The van der Waals surface area contributed by atoms with E-state index in [-0.39, 0.29) is 12.1 Å². The first-order chi connectivity index (χ1) is 5.52. The minimum atomic E-state index is -0.0850. The lowest BCUT2D eigenvalue weighted by Crippen LogP contribution is -2.12. The van der Waals surface area contributed by atoms with Gasteiger partial charge in [0, 0.05) is 5.75 Å². The van der Waals surface area contributed by atoms with Crippen molar-refractivity contribution in [1.82, 2.24) is 0 Å². The van der Waals surface area contributed by atoms with Crippen molar-refractivity contribution in [3.05, 3.63) is 0 Å². The third kappa shape index (κ3) is 7.92. The summed E-state index contributed by atoms with van der Waals surface area (Å²) in [5.74, 6) is 0.779. The van der Waals surface area contributed by atoms with E-state index in [4.69, 9.17) is 4.74 Å². The number of hydrogen-bond donors (Lipinski definition) is 0. The van der Waals surface area contributed by atoms with Crippen molar-refractivity contribution >= 4 is 17.7 Å². The van der Waals surface area contributed by atoms with Gasteiger partial charge in [0.1, 0.15) is 0 Å². The van der Waals surface area contributed by atoms with Crippen LogP contribution in [0.3, 0.4) is 0 Å². The van der Waals surface area contributed by atoms with E-state index in [1.807, 2.05) is 13.8 Å². The molecule has 0 saturated carbocycles. The van der Waals surface area contributed by atoms with E-state index < -0.39 is 0 Å². The third-order valence-electron chi connectivity index (χ3n) is 1.12. The van der Waals surface area contributed by atoms with E-state index in [1.54, 1.807) is 11.8 Å². The molecular formula is C9H18O2S. The molecule has 0 amide bonds. The smallest absolute Gasteiger partial charge is 0.306 e. The molecule has 0 heterocycles. The molecule has 0 aliphatic heterocycles. The summed E-state index contributed by atoms with van der Waals surface area (Å²) in [6, 6.07) is 0. The normalized spacial score (nSPS) is 10.8. The number of thioether (sulfide) groups is 1. The van der Waals surface area contributed by atoms with Crippen LogP contribution in [0.15, 0.2) is 0 Å². The standard InChI is InChI=1S/C9H18O2S/c1-7(2)11-9(10)5-6-12-8(3)4/h7-8H,5-6H2,1-4H3. The van der Waals surface area contributed by atoms with E-state index in [0.29, 0.717) is 11.7 Å². The van der Waals surface area contributed by atoms with Crippen LogP contribution in [0.5, 0.6) is 0 Å². The number of ether oxygens (including phenoxy) is 1. The van der Waals surface area contributed by atoms with Crippen molar-refractivity contribution in [3.63, 3.8) is 0 Å². The Morgan fingerprint density at radius 3 is 2.33 bits per heavy atom. The molecule has 0 rings (SSSR count). The van der Waals surface area contributed by atoms with Crippen LogP contribution in [-0.2, 0) is 9.53 Å². The zero-order valence-electron chi connectivity index (χ0n) is 8.29. The van der Waals surface area contributed by atoms with E-state index >= 15 is 0 Å². The van der Waals surface area contributed by atoms with Gasteiger partial charge in [-0.05, 0) is 19.1 Å². The molecule has 0 aromatic rings. The molecule has 0 spiro atoms. The van der Waals surface area contributed by atoms with Crippen LogP contribution in [0.25, 0.3) is 0 Å². The average molecular weight is 190 g/mol. The van der Waals surface area contributed by atoms with Crippen LogP contribution in [-0.4, -0.2) is 23.1 Å². The van der Waals surface area contributed by atoms with Gasteiger partial charge in [-0.15, -0.1) is 0 Å². The second kappa shape index (κ2) is 6.35. The second-order valence-electron chi connectivity index (χ2n) is 3.21. The molecule has 0 unspecified atom stereocenters. The van der Waals surface area contributed by atoms with Crippen molar-refractivity contribution < 1.29 is 9.53 Å². The van der Waals surface area contributed by atoms with E-state index in [1.165, 1.54) is 0 Å². The first kappa shape index (κ1) is 11.8. The fourth-order valence-electron chi connectivity index (χ4n) is 0.700. The van der Waals surface area contributed by atoms with Gasteiger partial charge >= 0.3 is 5.97 Å². The SMILES string of the molecule is CC(C)OC(=O)CCSC(C)C. The molecule has 0 atom stereocenters. The van der Waals surface area contributed by atoms with Crippen LogP contribution in [0.2, 0.25) is 0 Å². The summed E-state index contributed by atoms with van der Waals surface area (Å²) >= 11 is 1.79. The van der Waals surface area contributed by atoms with Crippen LogP contribution < -0.4 is 0 Å². The number of carbonyl (C=O) groups is 1.